The molecule has 0 aromatic carbocycles. The number of fused-ring (bicyclic) bond motifs is 1. The van der Waals surface area contributed by atoms with E-state index in [1.807, 2.05) is 0 Å². The molecule has 2 rings (SSSR count). The molecule has 136 valence electrons. The minimum absolute atomic E-state index is 0.0137. The number of hydrogen-bond acceptors (Lipinski definition) is 5. The Morgan fingerprint density at radius 3 is 2.58 bits per heavy atom. The van der Waals surface area contributed by atoms with E-state index in [4.69, 9.17) is 21.0 Å². The maximum Gasteiger partial charge on any atom is 0.324 e. The number of carboxylic acid groups (broad SMARTS) is 1. The largest absolute Gasteiger partial charge is 0.481 e. The maximum atomic E-state index is 12.4. The van der Waals surface area contributed by atoms with E-state index in [1.54, 1.807) is 7.05 Å². The summed E-state index contributed by atoms with van der Waals surface area (Å²) in [6, 6.07) is -0.319. The third-order valence-corrected chi connectivity index (χ3v) is 4.27. The molecule has 6 N–H and O–H groups in total. The molecule has 0 bridgehead atoms. The number of amides is 3. The summed E-state index contributed by atoms with van der Waals surface area (Å²) in [5.41, 5.74) is 5.32. The zero-order chi connectivity index (χ0) is 18.3. The van der Waals surface area contributed by atoms with Crippen molar-refractivity contribution in [2.45, 2.75) is 38.6 Å². The number of carbonyl (C=O) groups is 3. The van der Waals surface area contributed by atoms with Gasteiger partial charge in [-0.25, -0.2) is 4.79 Å². The molecule has 0 unspecified atom stereocenters. The first kappa shape index (κ1) is 19.9. The lowest BCUT2D eigenvalue weighted by atomic mass is 9.88. The van der Waals surface area contributed by atoms with Gasteiger partial charge in [-0.2, -0.15) is 0 Å². The van der Waals surface area contributed by atoms with Crippen molar-refractivity contribution in [2.24, 2.45) is 17.6 Å². The van der Waals surface area contributed by atoms with E-state index in [-0.39, 0.29) is 35.7 Å². The van der Waals surface area contributed by atoms with Gasteiger partial charge in [0.15, 0.2) is 0 Å². The summed E-state index contributed by atoms with van der Waals surface area (Å²) in [7, 11) is 1.55. The summed E-state index contributed by atoms with van der Waals surface area (Å²) in [6.07, 6.45) is 3.03. The molecule has 2 saturated heterocycles. The van der Waals surface area contributed by atoms with Crippen LogP contribution in [0.3, 0.4) is 0 Å². The van der Waals surface area contributed by atoms with Crippen LogP contribution in [-0.4, -0.2) is 59.9 Å². The van der Waals surface area contributed by atoms with Crippen molar-refractivity contribution in [3.05, 3.63) is 0 Å². The standard InChI is InChI=1S/C13H23N5O2.C2H4O2/c1-16-13(20)18-10-7-17-6-9(10)8(12(18)19)4-2-3-5-11(14)15;1-2(3)4/h8-10,17H,2-7H2,1H3,(H3,14,15)(H,16,20);1H3,(H,3,4)/t8-,9+,10-;/m1./s1. The molecule has 9 heteroatoms. The van der Waals surface area contributed by atoms with Crippen LogP contribution < -0.4 is 16.4 Å². The fourth-order valence-electron chi connectivity index (χ4n) is 3.29. The average Bonchev–Trinajstić information content (AvgIpc) is 3.03. The number of carboxylic acids is 1. The monoisotopic (exact) mass is 341 g/mol. The predicted molar refractivity (Wildman–Crippen MR) is 88.6 cm³/mol. The maximum absolute atomic E-state index is 12.4. The van der Waals surface area contributed by atoms with Gasteiger partial charge in [-0.3, -0.25) is 19.9 Å². The lowest BCUT2D eigenvalue weighted by Crippen LogP contribution is -2.46. The third kappa shape index (κ3) is 5.19. The third-order valence-electron chi connectivity index (χ3n) is 4.27. The van der Waals surface area contributed by atoms with Crippen molar-refractivity contribution in [1.29, 1.82) is 5.41 Å². The number of nitrogens with zero attached hydrogens (tertiary/aromatic N) is 1. The van der Waals surface area contributed by atoms with Crippen LogP contribution in [0.15, 0.2) is 0 Å². The zero-order valence-electron chi connectivity index (χ0n) is 14.2. The van der Waals surface area contributed by atoms with Crippen molar-refractivity contribution in [2.75, 3.05) is 20.1 Å². The predicted octanol–water partition coefficient (Wildman–Crippen LogP) is -0.0405. The quantitative estimate of drug-likeness (QED) is 0.269. The van der Waals surface area contributed by atoms with E-state index in [2.05, 4.69) is 10.6 Å². The van der Waals surface area contributed by atoms with Gasteiger partial charge >= 0.3 is 6.03 Å². The summed E-state index contributed by atoms with van der Waals surface area (Å²) < 4.78 is 0. The summed E-state index contributed by atoms with van der Waals surface area (Å²) in [5, 5.41) is 20.4. The number of aliphatic carboxylic acids is 1. The summed E-state index contributed by atoms with van der Waals surface area (Å²) in [4.78, 5) is 34.7. The molecule has 0 aromatic rings. The lowest BCUT2D eigenvalue weighted by molar-refractivity contribution is -0.134. The molecule has 3 amide bonds. The Balaban J connectivity index is 0.000000648. The van der Waals surface area contributed by atoms with Crippen LogP contribution in [0.4, 0.5) is 4.79 Å². The Bertz CT molecular complexity index is 492. The van der Waals surface area contributed by atoms with Gasteiger partial charge in [-0.05, 0) is 12.8 Å². The van der Waals surface area contributed by atoms with Gasteiger partial charge in [0, 0.05) is 45.3 Å². The van der Waals surface area contributed by atoms with Gasteiger partial charge in [0.2, 0.25) is 5.91 Å². The molecular weight excluding hydrogens is 314 g/mol. The molecule has 0 aromatic heterocycles. The van der Waals surface area contributed by atoms with Gasteiger partial charge in [0.25, 0.3) is 5.97 Å². The highest BCUT2D eigenvalue weighted by Crippen LogP contribution is 2.36. The number of carbonyl (C=O) groups excluding carboxylic acids is 2. The van der Waals surface area contributed by atoms with Crippen LogP contribution >= 0.6 is 0 Å². The van der Waals surface area contributed by atoms with Gasteiger partial charge in [0.1, 0.15) is 0 Å². The van der Waals surface area contributed by atoms with Crippen molar-refractivity contribution < 1.29 is 19.5 Å². The number of unbranched alkanes of at least 4 members (excludes halogenated alkanes) is 1. The van der Waals surface area contributed by atoms with Crippen molar-refractivity contribution >= 4 is 23.7 Å². The second kappa shape index (κ2) is 9.21. The Morgan fingerprint density at radius 2 is 2.04 bits per heavy atom. The van der Waals surface area contributed by atoms with Gasteiger partial charge < -0.3 is 21.5 Å². The number of urea groups is 1. The highest BCUT2D eigenvalue weighted by atomic mass is 16.4. The highest BCUT2D eigenvalue weighted by molar-refractivity contribution is 5.98. The Labute approximate surface area is 141 Å². The molecule has 2 aliphatic heterocycles. The first-order valence-electron chi connectivity index (χ1n) is 8.07. The van der Waals surface area contributed by atoms with Gasteiger partial charge in [-0.15, -0.1) is 0 Å². The minimum Gasteiger partial charge on any atom is -0.481 e. The van der Waals surface area contributed by atoms with Crippen molar-refractivity contribution in [1.82, 2.24) is 15.5 Å². The molecule has 9 nitrogen and oxygen atoms in total. The average molecular weight is 341 g/mol. The van der Waals surface area contributed by atoms with E-state index in [1.165, 1.54) is 4.90 Å². The Hall–Kier alpha value is -2.16. The topological polar surface area (TPSA) is 149 Å². The fourth-order valence-corrected chi connectivity index (χ4v) is 3.29. The smallest absolute Gasteiger partial charge is 0.324 e. The van der Waals surface area contributed by atoms with E-state index in [0.717, 1.165) is 32.7 Å². The van der Waals surface area contributed by atoms with E-state index in [9.17, 15) is 9.59 Å². The van der Waals surface area contributed by atoms with Gasteiger partial charge in [0.05, 0.1) is 11.9 Å². The molecule has 0 spiro atoms. The number of rotatable bonds is 5. The summed E-state index contributed by atoms with van der Waals surface area (Å²) in [5.74, 6) is -0.560. The minimum atomic E-state index is -0.833. The molecular formula is C15H27N5O4. The number of amidine groups is 1. The second-order valence-electron chi connectivity index (χ2n) is 6.05. The molecule has 24 heavy (non-hydrogen) atoms. The molecule has 0 aliphatic carbocycles. The van der Waals surface area contributed by atoms with Crippen molar-refractivity contribution in [3.63, 3.8) is 0 Å². The van der Waals surface area contributed by atoms with Crippen LogP contribution in [0.5, 0.6) is 0 Å². The summed E-state index contributed by atoms with van der Waals surface area (Å²) in [6.45, 7) is 2.56. The lowest BCUT2D eigenvalue weighted by Gasteiger charge is -2.20. The molecule has 0 radical (unpaired) electrons. The van der Waals surface area contributed by atoms with E-state index in [0.29, 0.717) is 13.0 Å². The number of hydrogen-bond donors (Lipinski definition) is 5. The van der Waals surface area contributed by atoms with Crippen LogP contribution in [-0.2, 0) is 9.59 Å². The van der Waals surface area contributed by atoms with E-state index < -0.39 is 5.97 Å². The molecule has 2 fully saturated rings. The zero-order valence-corrected chi connectivity index (χ0v) is 14.2. The van der Waals surface area contributed by atoms with E-state index >= 15 is 0 Å². The van der Waals surface area contributed by atoms with Crippen LogP contribution in [0.2, 0.25) is 0 Å². The molecule has 2 aliphatic rings. The first-order valence-corrected chi connectivity index (χ1v) is 8.07. The SMILES string of the molecule is CC(=O)O.CNC(=O)N1C(=O)[C@H](CCCCC(=N)N)[C@@H]2CNC[C@H]21. The Morgan fingerprint density at radius 1 is 1.42 bits per heavy atom. The highest BCUT2D eigenvalue weighted by Gasteiger charge is 2.51. The molecule has 0 saturated carbocycles. The number of nitrogens with one attached hydrogen (secondary N) is 3. The molecule has 3 atom stereocenters. The van der Waals surface area contributed by atoms with Crippen molar-refractivity contribution in [3.8, 4) is 0 Å². The number of likely N-dealkylation sites (tertiary alicyclic amines) is 1. The summed E-state index contributed by atoms with van der Waals surface area (Å²) >= 11 is 0. The number of nitrogens with two attached hydrogens (primary N) is 1. The van der Waals surface area contributed by atoms with Crippen LogP contribution in [0.1, 0.15) is 32.6 Å². The fraction of sp³-hybridized carbons (Fsp3) is 0.733. The van der Waals surface area contributed by atoms with Crippen LogP contribution in [0.25, 0.3) is 0 Å². The molecule has 2 heterocycles. The Kier molecular flexibility index (Phi) is 7.63. The second-order valence-corrected chi connectivity index (χ2v) is 6.05. The van der Waals surface area contributed by atoms with Crippen LogP contribution in [0, 0.1) is 17.2 Å². The normalized spacial score (nSPS) is 24.8. The van der Waals surface area contributed by atoms with Gasteiger partial charge in [-0.1, -0.05) is 6.42 Å². The first-order chi connectivity index (χ1) is 11.3. The number of imide groups is 1.